The third-order valence-electron chi connectivity index (χ3n) is 2.58. The van der Waals surface area contributed by atoms with Crippen LogP contribution in [0.25, 0.3) is 0 Å². The van der Waals surface area contributed by atoms with Crippen LogP contribution in [0.2, 0.25) is 0 Å². The second-order valence-corrected chi connectivity index (χ2v) is 4.21. The van der Waals surface area contributed by atoms with E-state index in [1.54, 1.807) is 25.1 Å². The Bertz CT molecular complexity index is 457. The Kier molecular flexibility index (Phi) is 6.02. The van der Waals surface area contributed by atoms with E-state index in [1.807, 2.05) is 6.92 Å². The third kappa shape index (κ3) is 4.71. The van der Waals surface area contributed by atoms with Crippen molar-refractivity contribution in [2.75, 3.05) is 18.5 Å². The van der Waals surface area contributed by atoms with Gasteiger partial charge in [-0.2, -0.15) is 0 Å². The number of rotatable bonds is 7. The number of anilines is 1. The fraction of sp³-hybridized carbons (Fsp3) is 0.429. The van der Waals surface area contributed by atoms with Crippen LogP contribution in [0.1, 0.15) is 35.7 Å². The Hall–Kier alpha value is -1.88. The normalized spacial score (nSPS) is 10.2. The first-order chi connectivity index (χ1) is 9.06. The molecule has 0 atom stereocenters. The molecule has 1 aromatic rings. The van der Waals surface area contributed by atoms with E-state index >= 15 is 0 Å². The molecule has 0 aliphatic rings. The lowest BCUT2D eigenvalue weighted by Gasteiger charge is -2.10. The number of nitrogens with one attached hydrogen (secondary N) is 1. The van der Waals surface area contributed by atoms with Crippen LogP contribution in [0.5, 0.6) is 0 Å². The average Bonchev–Trinajstić information content (AvgIpc) is 2.34. The van der Waals surface area contributed by atoms with Gasteiger partial charge in [0.1, 0.15) is 0 Å². The van der Waals surface area contributed by atoms with Crippen LogP contribution in [0.4, 0.5) is 5.69 Å². The van der Waals surface area contributed by atoms with Gasteiger partial charge in [0.05, 0.1) is 24.3 Å². The van der Waals surface area contributed by atoms with Gasteiger partial charge < -0.3 is 15.2 Å². The van der Waals surface area contributed by atoms with Gasteiger partial charge in [-0.25, -0.2) is 4.79 Å². The monoisotopic (exact) mass is 265 g/mol. The second-order valence-electron chi connectivity index (χ2n) is 4.21. The van der Waals surface area contributed by atoms with Crippen LogP contribution in [0.15, 0.2) is 18.2 Å². The molecule has 1 rings (SSSR count). The van der Waals surface area contributed by atoms with Gasteiger partial charge in [0.25, 0.3) is 0 Å². The first-order valence-corrected chi connectivity index (χ1v) is 6.26. The van der Waals surface area contributed by atoms with Gasteiger partial charge in [0.15, 0.2) is 0 Å². The fourth-order valence-electron chi connectivity index (χ4n) is 1.68. The number of benzene rings is 1. The van der Waals surface area contributed by atoms with Crippen molar-refractivity contribution in [2.24, 2.45) is 0 Å². The maximum absolute atomic E-state index is 11.7. The number of hydrogen-bond donors (Lipinski definition) is 2. The summed E-state index contributed by atoms with van der Waals surface area (Å²) < 4.78 is 5.22. The molecule has 1 aromatic carbocycles. The largest absolute Gasteiger partial charge is 0.478 e. The zero-order valence-electron chi connectivity index (χ0n) is 11.2. The Balaban J connectivity index is 2.64. The zero-order chi connectivity index (χ0) is 14.3. The molecule has 0 aliphatic heterocycles. The molecule has 0 aromatic heterocycles. The number of ether oxygens (including phenoxy) is 1. The number of carbonyl (C=O) groups is 2. The van der Waals surface area contributed by atoms with Crippen LogP contribution in [0, 0.1) is 6.92 Å². The smallest absolute Gasteiger partial charge is 0.338 e. The topological polar surface area (TPSA) is 75.6 Å². The highest BCUT2D eigenvalue weighted by Crippen LogP contribution is 2.19. The molecular weight excluding hydrogens is 246 g/mol. The molecule has 0 unspecified atom stereocenters. The number of amides is 1. The van der Waals surface area contributed by atoms with E-state index in [0.717, 1.165) is 6.42 Å². The summed E-state index contributed by atoms with van der Waals surface area (Å²) in [7, 11) is 0. The molecule has 0 fully saturated rings. The first kappa shape index (κ1) is 15.2. The maximum atomic E-state index is 11.7. The number of aromatic carboxylic acids is 1. The number of carboxylic acids is 1. The number of hydrogen-bond acceptors (Lipinski definition) is 3. The molecule has 1 amide bonds. The number of aryl methyl sites for hydroxylation is 1. The zero-order valence-corrected chi connectivity index (χ0v) is 11.2. The Morgan fingerprint density at radius 2 is 2.05 bits per heavy atom. The molecule has 2 N–H and O–H groups in total. The van der Waals surface area contributed by atoms with Gasteiger partial charge in [-0.1, -0.05) is 19.1 Å². The number of carboxylic acid groups (broad SMARTS) is 1. The lowest BCUT2D eigenvalue weighted by molar-refractivity contribution is -0.117. The molecule has 0 saturated heterocycles. The molecule has 0 spiro atoms. The van der Waals surface area contributed by atoms with Crippen molar-refractivity contribution in [3.63, 3.8) is 0 Å². The van der Waals surface area contributed by atoms with Crippen molar-refractivity contribution < 1.29 is 19.4 Å². The standard InChI is InChI=1S/C14H19NO4/c1-3-8-19-9-7-12(16)15-11-6-4-5-10(2)13(11)14(17)18/h4-6H,3,7-9H2,1-2H3,(H,15,16)(H,17,18). The van der Waals surface area contributed by atoms with E-state index < -0.39 is 5.97 Å². The number of carbonyl (C=O) groups excluding carboxylic acids is 1. The van der Waals surface area contributed by atoms with Gasteiger partial charge in [0.2, 0.25) is 5.91 Å². The van der Waals surface area contributed by atoms with Crippen molar-refractivity contribution in [2.45, 2.75) is 26.7 Å². The summed E-state index contributed by atoms with van der Waals surface area (Å²) in [5.41, 5.74) is 1.07. The van der Waals surface area contributed by atoms with E-state index in [-0.39, 0.29) is 17.9 Å². The molecule has 104 valence electrons. The van der Waals surface area contributed by atoms with Crippen molar-refractivity contribution in [3.8, 4) is 0 Å². The molecule has 5 nitrogen and oxygen atoms in total. The van der Waals surface area contributed by atoms with Gasteiger partial charge in [0, 0.05) is 6.61 Å². The van der Waals surface area contributed by atoms with Crippen LogP contribution in [-0.2, 0) is 9.53 Å². The molecule has 0 saturated carbocycles. The summed E-state index contributed by atoms with van der Waals surface area (Å²) in [5, 5.41) is 11.7. The lowest BCUT2D eigenvalue weighted by atomic mass is 10.1. The van der Waals surface area contributed by atoms with Crippen LogP contribution >= 0.6 is 0 Å². The SMILES string of the molecule is CCCOCCC(=O)Nc1cccc(C)c1C(=O)O. The van der Waals surface area contributed by atoms with Gasteiger partial charge in [-0.05, 0) is 25.0 Å². The predicted molar refractivity (Wildman–Crippen MR) is 72.5 cm³/mol. The highest BCUT2D eigenvalue weighted by atomic mass is 16.5. The fourth-order valence-corrected chi connectivity index (χ4v) is 1.68. The van der Waals surface area contributed by atoms with Crippen LogP contribution in [-0.4, -0.2) is 30.2 Å². The van der Waals surface area contributed by atoms with Crippen molar-refractivity contribution in [3.05, 3.63) is 29.3 Å². The van der Waals surface area contributed by atoms with Crippen molar-refractivity contribution in [1.82, 2.24) is 0 Å². The molecule has 0 radical (unpaired) electrons. The summed E-state index contributed by atoms with van der Waals surface area (Å²) in [6, 6.07) is 5.00. The van der Waals surface area contributed by atoms with E-state index in [9.17, 15) is 9.59 Å². The maximum Gasteiger partial charge on any atom is 0.338 e. The Morgan fingerprint density at radius 3 is 2.68 bits per heavy atom. The summed E-state index contributed by atoms with van der Waals surface area (Å²) in [6.07, 6.45) is 1.12. The van der Waals surface area contributed by atoms with E-state index in [1.165, 1.54) is 0 Å². The Morgan fingerprint density at radius 1 is 1.32 bits per heavy atom. The lowest BCUT2D eigenvalue weighted by Crippen LogP contribution is -2.17. The van der Waals surface area contributed by atoms with Gasteiger partial charge >= 0.3 is 5.97 Å². The summed E-state index contributed by atoms with van der Waals surface area (Å²) in [6.45, 7) is 4.65. The average molecular weight is 265 g/mol. The predicted octanol–water partition coefficient (Wildman–Crippen LogP) is 2.45. The van der Waals surface area contributed by atoms with Crippen molar-refractivity contribution in [1.29, 1.82) is 0 Å². The second kappa shape index (κ2) is 7.53. The minimum Gasteiger partial charge on any atom is -0.478 e. The van der Waals surface area contributed by atoms with Crippen LogP contribution in [0.3, 0.4) is 0 Å². The van der Waals surface area contributed by atoms with Gasteiger partial charge in [-0.15, -0.1) is 0 Å². The van der Waals surface area contributed by atoms with Crippen molar-refractivity contribution >= 4 is 17.6 Å². The minimum absolute atomic E-state index is 0.130. The molecule has 19 heavy (non-hydrogen) atoms. The van der Waals surface area contributed by atoms with Crippen LogP contribution < -0.4 is 5.32 Å². The highest BCUT2D eigenvalue weighted by molar-refractivity contribution is 6.01. The van der Waals surface area contributed by atoms with E-state index in [4.69, 9.17) is 9.84 Å². The van der Waals surface area contributed by atoms with E-state index in [2.05, 4.69) is 5.32 Å². The third-order valence-corrected chi connectivity index (χ3v) is 2.58. The molecule has 0 heterocycles. The van der Waals surface area contributed by atoms with E-state index in [0.29, 0.717) is 24.5 Å². The minimum atomic E-state index is -1.05. The summed E-state index contributed by atoms with van der Waals surface area (Å²) in [4.78, 5) is 22.8. The first-order valence-electron chi connectivity index (χ1n) is 6.26. The summed E-state index contributed by atoms with van der Waals surface area (Å²) in [5.74, 6) is -1.29. The van der Waals surface area contributed by atoms with Gasteiger partial charge in [-0.3, -0.25) is 4.79 Å². The highest BCUT2D eigenvalue weighted by Gasteiger charge is 2.14. The summed E-state index contributed by atoms with van der Waals surface area (Å²) >= 11 is 0. The Labute approximate surface area is 112 Å². The molecule has 5 heteroatoms. The quantitative estimate of drug-likeness (QED) is 0.742. The molecule has 0 bridgehead atoms. The molecule has 0 aliphatic carbocycles. The molecular formula is C14H19NO4.